The number of Topliss-reactive ketones (excluding diaryl/α,β-unsaturated/α-hetero) is 1. The summed E-state index contributed by atoms with van der Waals surface area (Å²) in [6.45, 7) is 2.10. The summed E-state index contributed by atoms with van der Waals surface area (Å²) in [7, 11) is 0. The number of aliphatic carboxylic acids is 1. The molecular weight excluding hydrogens is 284 g/mol. The van der Waals surface area contributed by atoms with Crippen LogP contribution in [0.15, 0.2) is 24.3 Å². The second kappa shape index (κ2) is 6.55. The predicted molar refractivity (Wildman–Crippen MR) is 69.7 cm³/mol. The average Bonchev–Trinajstić information content (AvgIpc) is 2.28. The highest BCUT2D eigenvalue weighted by atomic mass is 79.9. The van der Waals surface area contributed by atoms with Gasteiger partial charge in [-0.1, -0.05) is 53.5 Å². The van der Waals surface area contributed by atoms with Crippen molar-refractivity contribution in [3.8, 4) is 0 Å². The Morgan fingerprint density at radius 1 is 1.29 bits per heavy atom. The fraction of sp³-hybridized carbons (Fsp3) is 0.385. The van der Waals surface area contributed by atoms with Crippen LogP contribution < -0.4 is 0 Å². The monoisotopic (exact) mass is 298 g/mol. The molecule has 1 unspecified atom stereocenters. The summed E-state index contributed by atoms with van der Waals surface area (Å²) in [4.78, 5) is 21.7. The number of halogens is 1. The summed E-state index contributed by atoms with van der Waals surface area (Å²) >= 11 is 3.10. The normalized spacial score (nSPS) is 12.1. The number of carbonyl (C=O) groups is 2. The molecule has 0 amide bonds. The van der Waals surface area contributed by atoms with Gasteiger partial charge in [0.1, 0.15) is 0 Å². The van der Waals surface area contributed by atoms with Crippen LogP contribution in [-0.4, -0.2) is 21.7 Å². The molecule has 0 aliphatic rings. The molecule has 1 atom stereocenters. The lowest BCUT2D eigenvalue weighted by Crippen LogP contribution is -2.18. The van der Waals surface area contributed by atoms with Gasteiger partial charge in [-0.25, -0.2) is 0 Å². The third-order valence-electron chi connectivity index (χ3n) is 2.42. The fourth-order valence-electron chi connectivity index (χ4n) is 1.55. The van der Waals surface area contributed by atoms with Gasteiger partial charge in [0.2, 0.25) is 0 Å². The molecule has 0 spiro atoms. The highest BCUT2D eigenvalue weighted by molar-refractivity contribution is 9.10. The molecule has 0 aliphatic heterocycles. The van der Waals surface area contributed by atoms with Crippen LogP contribution in [0.1, 0.15) is 35.7 Å². The van der Waals surface area contributed by atoms with E-state index in [1.165, 1.54) is 5.56 Å². The first-order valence-corrected chi connectivity index (χ1v) is 6.45. The Morgan fingerprint density at radius 2 is 1.88 bits per heavy atom. The highest BCUT2D eigenvalue weighted by Gasteiger charge is 2.19. The molecule has 0 saturated carbocycles. The maximum atomic E-state index is 11.8. The van der Waals surface area contributed by atoms with Crippen molar-refractivity contribution in [2.24, 2.45) is 0 Å². The molecule has 1 aromatic carbocycles. The van der Waals surface area contributed by atoms with Crippen molar-refractivity contribution in [2.45, 2.75) is 31.0 Å². The van der Waals surface area contributed by atoms with Gasteiger partial charge in [0.05, 0.1) is 11.2 Å². The maximum Gasteiger partial charge on any atom is 0.304 e. The lowest BCUT2D eigenvalue weighted by molar-refractivity contribution is -0.136. The minimum atomic E-state index is -0.983. The number of alkyl halides is 1. The number of benzene rings is 1. The van der Waals surface area contributed by atoms with Crippen LogP contribution >= 0.6 is 15.9 Å². The lowest BCUT2D eigenvalue weighted by atomic mass is 10.0. The van der Waals surface area contributed by atoms with Crippen molar-refractivity contribution in [3.05, 3.63) is 35.4 Å². The van der Waals surface area contributed by atoms with E-state index in [0.717, 1.165) is 12.8 Å². The van der Waals surface area contributed by atoms with Crippen LogP contribution in [0.4, 0.5) is 0 Å². The second-order valence-corrected chi connectivity index (χ2v) is 4.98. The van der Waals surface area contributed by atoms with E-state index in [-0.39, 0.29) is 12.2 Å². The molecule has 4 heteroatoms. The number of carbonyl (C=O) groups excluding carboxylic acids is 1. The first kappa shape index (κ1) is 13.9. The fourth-order valence-corrected chi connectivity index (χ4v) is 2.09. The Kier molecular flexibility index (Phi) is 5.35. The van der Waals surface area contributed by atoms with Crippen LogP contribution in [0, 0.1) is 0 Å². The zero-order valence-electron chi connectivity index (χ0n) is 9.65. The Morgan fingerprint density at radius 3 is 2.35 bits per heavy atom. The third kappa shape index (κ3) is 4.30. The zero-order valence-corrected chi connectivity index (χ0v) is 11.2. The molecule has 1 aromatic rings. The Labute approximate surface area is 109 Å². The van der Waals surface area contributed by atoms with Crippen LogP contribution in [0.3, 0.4) is 0 Å². The minimum Gasteiger partial charge on any atom is -0.481 e. The molecule has 0 fully saturated rings. The van der Waals surface area contributed by atoms with Crippen molar-refractivity contribution >= 4 is 27.7 Å². The quantitative estimate of drug-likeness (QED) is 0.649. The largest absolute Gasteiger partial charge is 0.481 e. The number of aryl methyl sites for hydroxylation is 1. The first-order chi connectivity index (χ1) is 8.04. The van der Waals surface area contributed by atoms with E-state index in [2.05, 4.69) is 22.9 Å². The van der Waals surface area contributed by atoms with Crippen molar-refractivity contribution in [1.82, 2.24) is 0 Å². The van der Waals surface area contributed by atoms with Gasteiger partial charge in [-0.2, -0.15) is 0 Å². The molecule has 1 N–H and O–H groups in total. The number of carboxylic acid groups (broad SMARTS) is 1. The lowest BCUT2D eigenvalue weighted by Gasteiger charge is -2.07. The Hall–Kier alpha value is -1.16. The Bertz CT molecular complexity index is 398. The molecule has 0 aliphatic carbocycles. The number of carboxylic acids is 1. The number of hydrogen-bond acceptors (Lipinski definition) is 2. The van der Waals surface area contributed by atoms with Gasteiger partial charge in [-0.3, -0.25) is 9.59 Å². The van der Waals surface area contributed by atoms with Crippen LogP contribution in [0.25, 0.3) is 0 Å². The summed E-state index contributed by atoms with van der Waals surface area (Å²) in [5.41, 5.74) is 1.74. The number of rotatable bonds is 6. The first-order valence-electron chi connectivity index (χ1n) is 5.53. The standard InChI is InChI=1S/C13H15BrO3/c1-2-3-9-4-6-10(7-5-9)13(17)11(14)8-12(15)16/h4-7,11H,2-3,8H2,1H3,(H,15,16). The molecule has 1 rings (SSSR count). The van der Waals surface area contributed by atoms with E-state index in [4.69, 9.17) is 5.11 Å². The van der Waals surface area contributed by atoms with Gasteiger partial charge >= 0.3 is 5.97 Å². The average molecular weight is 299 g/mol. The van der Waals surface area contributed by atoms with Gasteiger partial charge in [0.25, 0.3) is 0 Å². The summed E-state index contributed by atoms with van der Waals surface area (Å²) in [6.07, 6.45) is 1.85. The molecule has 0 saturated heterocycles. The van der Waals surface area contributed by atoms with Gasteiger partial charge in [-0.15, -0.1) is 0 Å². The highest BCUT2D eigenvalue weighted by Crippen LogP contribution is 2.15. The molecular formula is C13H15BrO3. The molecule has 0 aromatic heterocycles. The smallest absolute Gasteiger partial charge is 0.304 e. The molecule has 3 nitrogen and oxygen atoms in total. The van der Waals surface area contributed by atoms with Crippen LogP contribution in [0.5, 0.6) is 0 Å². The zero-order chi connectivity index (χ0) is 12.8. The van der Waals surface area contributed by atoms with Gasteiger partial charge in [0.15, 0.2) is 5.78 Å². The van der Waals surface area contributed by atoms with Gasteiger partial charge < -0.3 is 5.11 Å². The summed E-state index contributed by atoms with van der Waals surface area (Å²) in [5, 5.41) is 8.61. The molecule has 17 heavy (non-hydrogen) atoms. The SMILES string of the molecule is CCCc1ccc(C(=O)C(Br)CC(=O)O)cc1. The Balaban J connectivity index is 2.72. The molecule has 0 bridgehead atoms. The van der Waals surface area contributed by atoms with Crippen LogP contribution in [-0.2, 0) is 11.2 Å². The van der Waals surface area contributed by atoms with Gasteiger partial charge in [-0.05, 0) is 12.0 Å². The van der Waals surface area contributed by atoms with Crippen LogP contribution in [0.2, 0.25) is 0 Å². The van der Waals surface area contributed by atoms with Crippen molar-refractivity contribution in [2.75, 3.05) is 0 Å². The molecule has 0 radical (unpaired) electrons. The second-order valence-electron chi connectivity index (χ2n) is 3.88. The summed E-state index contributed by atoms with van der Waals surface area (Å²) in [5.74, 6) is -1.17. The molecule has 92 valence electrons. The summed E-state index contributed by atoms with van der Waals surface area (Å²) < 4.78 is 0. The van der Waals surface area contributed by atoms with E-state index in [9.17, 15) is 9.59 Å². The maximum absolute atomic E-state index is 11.8. The van der Waals surface area contributed by atoms with Crippen molar-refractivity contribution < 1.29 is 14.7 Å². The third-order valence-corrected chi connectivity index (χ3v) is 3.16. The number of ketones is 1. The van der Waals surface area contributed by atoms with E-state index in [1.54, 1.807) is 12.1 Å². The predicted octanol–water partition coefficient (Wildman–Crippen LogP) is 3.06. The van der Waals surface area contributed by atoms with E-state index >= 15 is 0 Å². The molecule has 0 heterocycles. The number of hydrogen-bond donors (Lipinski definition) is 1. The van der Waals surface area contributed by atoms with Crippen molar-refractivity contribution in [1.29, 1.82) is 0 Å². The minimum absolute atomic E-state index is 0.185. The summed E-state index contributed by atoms with van der Waals surface area (Å²) in [6, 6.07) is 7.33. The van der Waals surface area contributed by atoms with Crippen molar-refractivity contribution in [3.63, 3.8) is 0 Å². The van der Waals surface area contributed by atoms with Gasteiger partial charge in [0, 0.05) is 5.56 Å². The van der Waals surface area contributed by atoms with E-state index < -0.39 is 10.8 Å². The van der Waals surface area contributed by atoms with E-state index in [1.807, 2.05) is 12.1 Å². The topological polar surface area (TPSA) is 54.4 Å². The van der Waals surface area contributed by atoms with E-state index in [0.29, 0.717) is 5.56 Å².